The van der Waals surface area contributed by atoms with Crippen LogP contribution in [0.5, 0.6) is 0 Å². The lowest BCUT2D eigenvalue weighted by Crippen LogP contribution is -2.67. The van der Waals surface area contributed by atoms with Crippen molar-refractivity contribution in [2.24, 2.45) is 0 Å². The molecule has 148 valence electrons. The van der Waals surface area contributed by atoms with Crippen LogP contribution >= 0.6 is 34.8 Å². The van der Waals surface area contributed by atoms with Gasteiger partial charge in [0.2, 0.25) is 11.8 Å². The Hall–Kier alpha value is -1.75. The molecule has 28 heavy (non-hydrogen) atoms. The molecule has 1 aliphatic rings. The molecule has 2 aromatic carbocycles. The molecule has 7 heteroatoms. The van der Waals surface area contributed by atoms with Crippen molar-refractivity contribution in [2.75, 3.05) is 6.54 Å². The van der Waals surface area contributed by atoms with Crippen LogP contribution in [0.25, 0.3) is 0 Å². The molecule has 1 unspecified atom stereocenters. The standard InChI is InChI=1S/C21H21Cl3N2O2/c1-21(20(28)25-13-14-2-6-16(22)7-3-14)10-11-26(21)19(27)9-5-15-4-8-17(23)12-18(15)24/h2-4,6-8,12H,5,9-11,13H2,1H3,(H,25,28). The van der Waals surface area contributed by atoms with Crippen molar-refractivity contribution in [2.45, 2.75) is 38.3 Å². The van der Waals surface area contributed by atoms with Gasteiger partial charge < -0.3 is 10.2 Å². The van der Waals surface area contributed by atoms with E-state index in [1.165, 1.54) is 0 Å². The summed E-state index contributed by atoms with van der Waals surface area (Å²) >= 11 is 18.0. The van der Waals surface area contributed by atoms with Gasteiger partial charge in [-0.2, -0.15) is 0 Å². The molecule has 1 aliphatic heterocycles. The van der Waals surface area contributed by atoms with Crippen LogP contribution in [0.4, 0.5) is 0 Å². The fourth-order valence-electron chi connectivity index (χ4n) is 3.27. The summed E-state index contributed by atoms with van der Waals surface area (Å²) in [5.74, 6) is -0.201. The number of rotatable bonds is 6. The maximum atomic E-state index is 12.7. The highest BCUT2D eigenvalue weighted by atomic mass is 35.5. The molecule has 2 aromatic rings. The van der Waals surface area contributed by atoms with E-state index in [1.54, 1.807) is 36.1 Å². The third kappa shape index (κ3) is 4.62. The minimum absolute atomic E-state index is 0.0543. The van der Waals surface area contributed by atoms with Gasteiger partial charge in [-0.25, -0.2) is 0 Å². The summed E-state index contributed by atoms with van der Waals surface area (Å²) in [6.07, 6.45) is 1.45. The topological polar surface area (TPSA) is 49.4 Å². The van der Waals surface area contributed by atoms with Gasteiger partial charge in [-0.3, -0.25) is 9.59 Å². The Balaban J connectivity index is 1.55. The van der Waals surface area contributed by atoms with Crippen molar-refractivity contribution in [3.63, 3.8) is 0 Å². The van der Waals surface area contributed by atoms with Gasteiger partial charge in [-0.1, -0.05) is 53.0 Å². The third-order valence-electron chi connectivity index (χ3n) is 5.20. The number of amides is 2. The van der Waals surface area contributed by atoms with Crippen molar-refractivity contribution < 1.29 is 9.59 Å². The normalized spacial score (nSPS) is 18.5. The van der Waals surface area contributed by atoms with Crippen molar-refractivity contribution >= 4 is 46.6 Å². The Labute approximate surface area is 179 Å². The minimum atomic E-state index is -0.812. The van der Waals surface area contributed by atoms with E-state index < -0.39 is 5.54 Å². The summed E-state index contributed by atoms with van der Waals surface area (Å²) in [5.41, 5.74) is 1.01. The first-order valence-corrected chi connectivity index (χ1v) is 10.2. The third-order valence-corrected chi connectivity index (χ3v) is 6.04. The summed E-state index contributed by atoms with van der Waals surface area (Å²) < 4.78 is 0. The second-order valence-corrected chi connectivity index (χ2v) is 8.39. The molecule has 4 nitrogen and oxygen atoms in total. The van der Waals surface area contributed by atoms with E-state index >= 15 is 0 Å². The molecule has 2 amide bonds. The summed E-state index contributed by atoms with van der Waals surface area (Å²) in [7, 11) is 0. The first-order valence-electron chi connectivity index (χ1n) is 9.07. The van der Waals surface area contributed by atoms with Gasteiger partial charge in [-0.15, -0.1) is 0 Å². The Morgan fingerprint density at radius 2 is 1.75 bits per heavy atom. The van der Waals surface area contributed by atoms with Crippen LogP contribution in [0.3, 0.4) is 0 Å². The van der Waals surface area contributed by atoms with Gasteiger partial charge in [0.1, 0.15) is 5.54 Å². The Kier molecular flexibility index (Phi) is 6.54. The predicted molar refractivity (Wildman–Crippen MR) is 113 cm³/mol. The summed E-state index contributed by atoms with van der Waals surface area (Å²) in [5, 5.41) is 4.69. The molecule has 0 bridgehead atoms. The molecule has 1 N–H and O–H groups in total. The Morgan fingerprint density at radius 1 is 1.07 bits per heavy atom. The van der Waals surface area contributed by atoms with Gasteiger partial charge in [0.05, 0.1) is 0 Å². The van der Waals surface area contributed by atoms with Gasteiger partial charge >= 0.3 is 0 Å². The number of nitrogens with one attached hydrogen (secondary N) is 1. The Morgan fingerprint density at radius 3 is 2.36 bits per heavy atom. The van der Waals surface area contributed by atoms with Crippen LogP contribution in [-0.2, 0) is 22.6 Å². The first-order chi connectivity index (χ1) is 13.3. The van der Waals surface area contributed by atoms with Gasteiger partial charge in [0, 0.05) is 34.6 Å². The number of benzene rings is 2. The predicted octanol–water partition coefficient (Wildman–Crippen LogP) is 4.89. The Bertz CT molecular complexity index is 886. The number of halogens is 3. The van der Waals surface area contributed by atoms with Gasteiger partial charge in [0.25, 0.3) is 0 Å². The maximum absolute atomic E-state index is 12.7. The lowest BCUT2D eigenvalue weighted by molar-refractivity contribution is -0.157. The number of likely N-dealkylation sites (tertiary alicyclic amines) is 1. The lowest BCUT2D eigenvalue weighted by Gasteiger charge is -2.49. The molecule has 0 aromatic heterocycles. The monoisotopic (exact) mass is 438 g/mol. The molecule has 1 fully saturated rings. The molecule has 1 heterocycles. The zero-order chi connectivity index (χ0) is 20.3. The summed E-state index contributed by atoms with van der Waals surface area (Å²) in [4.78, 5) is 27.0. The van der Waals surface area contributed by atoms with E-state index in [-0.39, 0.29) is 11.8 Å². The smallest absolute Gasteiger partial charge is 0.246 e. The second-order valence-electron chi connectivity index (χ2n) is 7.11. The van der Waals surface area contributed by atoms with E-state index in [0.717, 1.165) is 11.1 Å². The quantitative estimate of drug-likeness (QED) is 0.697. The average molecular weight is 440 g/mol. The number of hydrogen-bond acceptors (Lipinski definition) is 2. The number of hydrogen-bond donors (Lipinski definition) is 1. The molecular formula is C21H21Cl3N2O2. The number of aryl methyl sites for hydroxylation is 1. The maximum Gasteiger partial charge on any atom is 0.246 e. The van der Waals surface area contributed by atoms with Crippen LogP contribution in [0.2, 0.25) is 15.1 Å². The largest absolute Gasteiger partial charge is 0.350 e. The van der Waals surface area contributed by atoms with Crippen LogP contribution < -0.4 is 5.32 Å². The van der Waals surface area contributed by atoms with Crippen LogP contribution in [0.15, 0.2) is 42.5 Å². The van der Waals surface area contributed by atoms with Crippen molar-refractivity contribution in [1.29, 1.82) is 0 Å². The van der Waals surface area contributed by atoms with Crippen molar-refractivity contribution in [3.05, 3.63) is 68.7 Å². The van der Waals surface area contributed by atoms with Crippen molar-refractivity contribution in [1.82, 2.24) is 10.2 Å². The van der Waals surface area contributed by atoms with Crippen LogP contribution in [-0.4, -0.2) is 28.8 Å². The second kappa shape index (κ2) is 8.73. The molecule has 1 atom stereocenters. The van der Waals surface area contributed by atoms with E-state index in [4.69, 9.17) is 34.8 Å². The van der Waals surface area contributed by atoms with Crippen LogP contribution in [0, 0.1) is 0 Å². The molecule has 0 radical (unpaired) electrons. The van der Waals surface area contributed by atoms with E-state index in [2.05, 4.69) is 5.32 Å². The van der Waals surface area contributed by atoms with Crippen LogP contribution in [0.1, 0.15) is 30.9 Å². The van der Waals surface area contributed by atoms with E-state index in [9.17, 15) is 9.59 Å². The first kappa shape index (κ1) is 21.0. The number of carbonyl (C=O) groups is 2. The zero-order valence-electron chi connectivity index (χ0n) is 15.5. The van der Waals surface area contributed by atoms with E-state index in [0.29, 0.717) is 47.4 Å². The highest BCUT2D eigenvalue weighted by Crippen LogP contribution is 2.32. The molecule has 3 rings (SSSR count). The van der Waals surface area contributed by atoms with Gasteiger partial charge in [0.15, 0.2) is 0 Å². The minimum Gasteiger partial charge on any atom is -0.350 e. The molecule has 0 saturated carbocycles. The average Bonchev–Trinajstić information content (AvgIpc) is 2.65. The van der Waals surface area contributed by atoms with Gasteiger partial charge in [-0.05, 0) is 55.2 Å². The number of carbonyl (C=O) groups excluding carboxylic acids is 2. The zero-order valence-corrected chi connectivity index (χ0v) is 17.7. The lowest BCUT2D eigenvalue weighted by atomic mass is 9.85. The summed E-state index contributed by atoms with van der Waals surface area (Å²) in [6, 6.07) is 12.5. The SMILES string of the molecule is CC1(C(=O)NCc2ccc(Cl)cc2)CCN1C(=O)CCc1ccc(Cl)cc1Cl. The fourth-order valence-corrected chi connectivity index (χ4v) is 3.90. The van der Waals surface area contributed by atoms with Crippen molar-refractivity contribution in [3.8, 4) is 0 Å². The molecular weight excluding hydrogens is 419 g/mol. The molecule has 1 saturated heterocycles. The fraction of sp³-hybridized carbons (Fsp3) is 0.333. The molecule has 0 aliphatic carbocycles. The highest BCUT2D eigenvalue weighted by Gasteiger charge is 2.48. The number of nitrogens with zero attached hydrogens (tertiary/aromatic N) is 1. The molecule has 0 spiro atoms. The van der Waals surface area contributed by atoms with E-state index in [1.807, 2.05) is 18.2 Å². The summed E-state index contributed by atoms with van der Waals surface area (Å²) in [6.45, 7) is 2.78. The highest BCUT2D eigenvalue weighted by molar-refractivity contribution is 6.35.